The summed E-state index contributed by atoms with van der Waals surface area (Å²) >= 11 is 5.94. The molecule has 0 radical (unpaired) electrons. The fourth-order valence-corrected chi connectivity index (χ4v) is 3.07. The van der Waals surface area contributed by atoms with Crippen LogP contribution in [0, 0.1) is 0 Å². The molecule has 112 valence electrons. The third-order valence-corrected chi connectivity index (χ3v) is 4.74. The minimum Gasteiger partial charge on any atom is -0.314 e. The number of benzene rings is 1. The van der Waals surface area contributed by atoms with E-state index in [0.717, 1.165) is 17.6 Å². The van der Waals surface area contributed by atoms with Crippen LogP contribution in [0.2, 0.25) is 5.02 Å². The van der Waals surface area contributed by atoms with Gasteiger partial charge in [0, 0.05) is 17.1 Å². The summed E-state index contributed by atoms with van der Waals surface area (Å²) < 4.78 is 0. The number of halogens is 1. The highest BCUT2D eigenvalue weighted by Crippen LogP contribution is 2.21. The first-order valence-corrected chi connectivity index (χ1v) is 8.23. The maximum Gasteiger partial charge on any atom is 0.0406 e. The van der Waals surface area contributed by atoms with Crippen molar-refractivity contribution in [3.05, 3.63) is 34.9 Å². The molecular weight excluding hydrogens is 268 g/mol. The number of nitrogens with one attached hydrogen (secondary N) is 1. The Hall–Kier alpha value is -0.570. The van der Waals surface area contributed by atoms with Gasteiger partial charge in [-0.05, 0) is 70.4 Å². The Labute approximate surface area is 128 Å². The van der Waals surface area contributed by atoms with Gasteiger partial charge in [0.2, 0.25) is 0 Å². The van der Waals surface area contributed by atoms with Crippen LogP contribution in [-0.2, 0) is 0 Å². The molecule has 3 heteroatoms. The first-order chi connectivity index (χ1) is 9.66. The highest BCUT2D eigenvalue weighted by molar-refractivity contribution is 6.30. The topological polar surface area (TPSA) is 15.3 Å². The average Bonchev–Trinajstić information content (AvgIpc) is 2.48. The molecule has 1 aliphatic heterocycles. The number of hydrogen-bond donors (Lipinski definition) is 1. The van der Waals surface area contributed by atoms with Gasteiger partial charge in [-0.15, -0.1) is 0 Å². The largest absolute Gasteiger partial charge is 0.314 e. The normalized spacial score (nSPS) is 21.1. The van der Waals surface area contributed by atoms with E-state index in [-0.39, 0.29) is 0 Å². The van der Waals surface area contributed by atoms with Crippen molar-refractivity contribution in [2.75, 3.05) is 20.1 Å². The van der Waals surface area contributed by atoms with E-state index in [0.29, 0.717) is 6.04 Å². The Morgan fingerprint density at radius 3 is 2.70 bits per heavy atom. The van der Waals surface area contributed by atoms with Gasteiger partial charge in [0.15, 0.2) is 0 Å². The summed E-state index contributed by atoms with van der Waals surface area (Å²) in [5.74, 6) is 0. The van der Waals surface area contributed by atoms with Crippen LogP contribution in [0.25, 0.3) is 0 Å². The fourth-order valence-electron chi connectivity index (χ4n) is 2.95. The van der Waals surface area contributed by atoms with Crippen LogP contribution in [0.3, 0.4) is 0 Å². The summed E-state index contributed by atoms with van der Waals surface area (Å²) in [4.78, 5) is 2.44. The van der Waals surface area contributed by atoms with Gasteiger partial charge in [-0.3, -0.25) is 4.90 Å². The van der Waals surface area contributed by atoms with Crippen molar-refractivity contribution in [1.29, 1.82) is 0 Å². The van der Waals surface area contributed by atoms with Crippen molar-refractivity contribution in [1.82, 2.24) is 10.2 Å². The molecule has 2 atom stereocenters. The predicted octanol–water partition coefficient (Wildman–Crippen LogP) is 4.26. The lowest BCUT2D eigenvalue weighted by Crippen LogP contribution is -2.34. The van der Waals surface area contributed by atoms with E-state index in [1.807, 2.05) is 12.1 Å². The SMILES string of the molecule is CC(c1ccc(Cl)cc1)N(C)CCCC1CCCCN1. The van der Waals surface area contributed by atoms with Crippen molar-refractivity contribution in [3.63, 3.8) is 0 Å². The molecule has 0 amide bonds. The smallest absolute Gasteiger partial charge is 0.0406 e. The van der Waals surface area contributed by atoms with Crippen LogP contribution in [0.1, 0.15) is 50.6 Å². The summed E-state index contributed by atoms with van der Waals surface area (Å²) in [6.45, 7) is 4.63. The Kier molecular flexibility index (Phi) is 6.34. The second-order valence-electron chi connectivity index (χ2n) is 6.00. The predicted molar refractivity (Wildman–Crippen MR) is 87.4 cm³/mol. The van der Waals surface area contributed by atoms with E-state index in [4.69, 9.17) is 11.6 Å². The monoisotopic (exact) mass is 294 g/mol. The molecule has 0 aromatic heterocycles. The van der Waals surface area contributed by atoms with Crippen LogP contribution in [0.5, 0.6) is 0 Å². The number of piperidine rings is 1. The zero-order valence-electron chi connectivity index (χ0n) is 12.7. The van der Waals surface area contributed by atoms with Gasteiger partial charge in [0.1, 0.15) is 0 Å². The third-order valence-electron chi connectivity index (χ3n) is 4.49. The van der Waals surface area contributed by atoms with Crippen molar-refractivity contribution in [2.24, 2.45) is 0 Å². The summed E-state index contributed by atoms with van der Waals surface area (Å²) in [6.07, 6.45) is 6.68. The van der Waals surface area contributed by atoms with Gasteiger partial charge in [0.05, 0.1) is 0 Å². The molecule has 2 unspecified atom stereocenters. The third kappa shape index (κ3) is 4.76. The van der Waals surface area contributed by atoms with Crippen molar-refractivity contribution in [2.45, 2.75) is 51.1 Å². The summed E-state index contributed by atoms with van der Waals surface area (Å²) in [5, 5.41) is 4.44. The standard InChI is InChI=1S/C17H27ClN2/c1-14(15-8-10-16(18)11-9-15)20(2)13-5-7-17-6-3-4-12-19-17/h8-11,14,17,19H,3-7,12-13H2,1-2H3. The van der Waals surface area contributed by atoms with Crippen LogP contribution in [-0.4, -0.2) is 31.1 Å². The zero-order valence-corrected chi connectivity index (χ0v) is 13.5. The first kappa shape index (κ1) is 15.8. The Balaban J connectivity index is 1.73. The Bertz CT molecular complexity index is 384. The molecule has 20 heavy (non-hydrogen) atoms. The molecule has 1 fully saturated rings. The number of nitrogens with zero attached hydrogens (tertiary/aromatic N) is 1. The van der Waals surface area contributed by atoms with Gasteiger partial charge in [-0.1, -0.05) is 30.2 Å². The summed E-state index contributed by atoms with van der Waals surface area (Å²) in [5.41, 5.74) is 1.34. The van der Waals surface area contributed by atoms with Crippen LogP contribution in [0.15, 0.2) is 24.3 Å². The van der Waals surface area contributed by atoms with Crippen LogP contribution < -0.4 is 5.32 Å². The summed E-state index contributed by atoms with van der Waals surface area (Å²) in [6, 6.07) is 9.42. The van der Waals surface area contributed by atoms with Gasteiger partial charge in [-0.25, -0.2) is 0 Å². The molecule has 0 aliphatic carbocycles. The molecule has 0 bridgehead atoms. The fraction of sp³-hybridized carbons (Fsp3) is 0.647. The summed E-state index contributed by atoms with van der Waals surface area (Å²) in [7, 11) is 2.22. The molecule has 1 N–H and O–H groups in total. The highest BCUT2D eigenvalue weighted by atomic mass is 35.5. The highest BCUT2D eigenvalue weighted by Gasteiger charge is 2.14. The lowest BCUT2D eigenvalue weighted by atomic mass is 10.00. The van der Waals surface area contributed by atoms with Gasteiger partial charge < -0.3 is 5.32 Å². The van der Waals surface area contributed by atoms with E-state index in [9.17, 15) is 0 Å². The molecule has 1 aromatic carbocycles. The van der Waals surface area contributed by atoms with Crippen molar-refractivity contribution < 1.29 is 0 Å². The molecule has 0 spiro atoms. The Morgan fingerprint density at radius 2 is 2.05 bits per heavy atom. The number of rotatable bonds is 6. The molecule has 2 nitrogen and oxygen atoms in total. The minimum absolute atomic E-state index is 0.451. The van der Waals surface area contributed by atoms with E-state index >= 15 is 0 Å². The molecule has 1 aromatic rings. The second kappa shape index (κ2) is 8.02. The quantitative estimate of drug-likeness (QED) is 0.843. The van der Waals surface area contributed by atoms with E-state index < -0.39 is 0 Å². The Morgan fingerprint density at radius 1 is 1.30 bits per heavy atom. The lowest BCUT2D eigenvalue weighted by molar-refractivity contribution is 0.247. The zero-order chi connectivity index (χ0) is 14.4. The second-order valence-corrected chi connectivity index (χ2v) is 6.43. The van der Waals surface area contributed by atoms with Gasteiger partial charge in [0.25, 0.3) is 0 Å². The minimum atomic E-state index is 0.451. The molecule has 1 aliphatic rings. The maximum absolute atomic E-state index is 5.94. The molecule has 1 saturated heterocycles. The lowest BCUT2D eigenvalue weighted by Gasteiger charge is -2.27. The average molecular weight is 295 g/mol. The van der Waals surface area contributed by atoms with Crippen LogP contribution in [0.4, 0.5) is 0 Å². The molecule has 1 heterocycles. The van der Waals surface area contributed by atoms with Gasteiger partial charge in [-0.2, -0.15) is 0 Å². The molecular formula is C17H27ClN2. The van der Waals surface area contributed by atoms with E-state index in [1.165, 1.54) is 44.2 Å². The van der Waals surface area contributed by atoms with Crippen molar-refractivity contribution >= 4 is 11.6 Å². The first-order valence-electron chi connectivity index (χ1n) is 7.86. The van der Waals surface area contributed by atoms with Crippen molar-refractivity contribution in [3.8, 4) is 0 Å². The molecule has 0 saturated carbocycles. The number of hydrogen-bond acceptors (Lipinski definition) is 2. The maximum atomic E-state index is 5.94. The molecule has 2 rings (SSSR count). The van der Waals surface area contributed by atoms with E-state index in [1.54, 1.807) is 0 Å². The van der Waals surface area contributed by atoms with E-state index in [2.05, 4.69) is 36.3 Å². The van der Waals surface area contributed by atoms with Crippen LogP contribution >= 0.6 is 11.6 Å². The van der Waals surface area contributed by atoms with Gasteiger partial charge >= 0.3 is 0 Å².